The molecule has 0 spiro atoms. The summed E-state index contributed by atoms with van der Waals surface area (Å²) < 4.78 is 29.0. The SMILES string of the molecule is CCN1CC2CCc3c(C(=O)NCc4ccc(F)c(Cl)c4F)c(=O)c(O)c(n32)C1=O. The maximum Gasteiger partial charge on any atom is 0.274 e. The van der Waals surface area contributed by atoms with Crippen LogP contribution >= 0.6 is 11.6 Å². The van der Waals surface area contributed by atoms with Crippen molar-refractivity contribution in [3.05, 3.63) is 61.5 Å². The molecule has 0 saturated carbocycles. The van der Waals surface area contributed by atoms with Gasteiger partial charge < -0.3 is 19.9 Å². The number of rotatable bonds is 4. The van der Waals surface area contributed by atoms with Crippen LogP contribution in [0.5, 0.6) is 5.75 Å². The highest BCUT2D eigenvalue weighted by Crippen LogP contribution is 2.36. The van der Waals surface area contributed by atoms with Crippen LogP contribution in [-0.4, -0.2) is 39.5 Å². The van der Waals surface area contributed by atoms with E-state index >= 15 is 0 Å². The zero-order valence-corrected chi connectivity index (χ0v) is 16.7. The number of amides is 2. The van der Waals surface area contributed by atoms with Gasteiger partial charge in [-0.3, -0.25) is 14.4 Å². The number of nitrogens with zero attached hydrogens (tertiary/aromatic N) is 2. The number of aromatic hydroxyl groups is 1. The number of hydrogen-bond donors (Lipinski definition) is 2. The Kier molecular flexibility index (Phi) is 5.01. The van der Waals surface area contributed by atoms with Crippen molar-refractivity contribution in [2.75, 3.05) is 13.1 Å². The Morgan fingerprint density at radius 3 is 2.77 bits per heavy atom. The van der Waals surface area contributed by atoms with Gasteiger partial charge in [0.05, 0.1) is 6.04 Å². The van der Waals surface area contributed by atoms with Crippen LogP contribution in [0.25, 0.3) is 0 Å². The number of carbonyl (C=O) groups excluding carboxylic acids is 2. The van der Waals surface area contributed by atoms with E-state index in [2.05, 4.69) is 5.32 Å². The molecule has 1 aromatic carbocycles. The molecular formula is C20H18ClF2N3O4. The lowest BCUT2D eigenvalue weighted by molar-refractivity contribution is 0.0676. The van der Waals surface area contributed by atoms with Crippen LogP contribution in [0.2, 0.25) is 5.02 Å². The van der Waals surface area contributed by atoms with Gasteiger partial charge in [0.1, 0.15) is 22.2 Å². The zero-order chi connectivity index (χ0) is 21.7. The standard InChI is InChI=1S/C20H18ClF2N3O4/c1-2-25-8-10-4-6-12-13(17(27)18(28)16(20(25)30)26(10)12)19(29)24-7-9-3-5-11(22)14(21)15(9)23/h3,5,10,28H,2,4,6-8H2,1H3,(H,24,29). The fourth-order valence-electron chi connectivity index (χ4n) is 4.14. The van der Waals surface area contributed by atoms with Crippen molar-refractivity contribution < 1.29 is 23.5 Å². The van der Waals surface area contributed by atoms with Gasteiger partial charge in [-0.2, -0.15) is 0 Å². The van der Waals surface area contributed by atoms with E-state index in [1.165, 1.54) is 0 Å². The second kappa shape index (κ2) is 7.39. The van der Waals surface area contributed by atoms with Crippen LogP contribution in [0, 0.1) is 11.6 Å². The topological polar surface area (TPSA) is 91.6 Å². The molecule has 0 fully saturated rings. The summed E-state index contributed by atoms with van der Waals surface area (Å²) in [6, 6.07) is 1.97. The van der Waals surface area contributed by atoms with Gasteiger partial charge in [0.2, 0.25) is 5.43 Å². The van der Waals surface area contributed by atoms with E-state index in [-0.39, 0.29) is 29.4 Å². The molecule has 2 aliphatic heterocycles. The number of halogens is 3. The van der Waals surface area contributed by atoms with Gasteiger partial charge in [-0.25, -0.2) is 8.78 Å². The third-order valence-electron chi connectivity index (χ3n) is 5.65. The number of aromatic nitrogens is 1. The minimum atomic E-state index is -1.00. The Morgan fingerprint density at radius 1 is 1.33 bits per heavy atom. The molecular weight excluding hydrogens is 420 g/mol. The average molecular weight is 438 g/mol. The highest BCUT2D eigenvalue weighted by molar-refractivity contribution is 6.30. The van der Waals surface area contributed by atoms with Crippen molar-refractivity contribution in [3.8, 4) is 5.75 Å². The lowest BCUT2D eigenvalue weighted by Crippen LogP contribution is -2.44. The Labute approximate surface area is 174 Å². The summed E-state index contributed by atoms with van der Waals surface area (Å²) in [5.74, 6) is -3.97. The van der Waals surface area contributed by atoms with Crippen LogP contribution in [-0.2, 0) is 13.0 Å². The minimum Gasteiger partial charge on any atom is -0.503 e. The Bertz CT molecular complexity index is 1150. The molecule has 1 unspecified atom stereocenters. The number of carbonyl (C=O) groups is 2. The summed E-state index contributed by atoms with van der Waals surface area (Å²) in [5, 5.41) is 12.2. The van der Waals surface area contributed by atoms with Gasteiger partial charge >= 0.3 is 0 Å². The number of nitrogens with one attached hydrogen (secondary N) is 1. The van der Waals surface area contributed by atoms with Crippen molar-refractivity contribution in [3.63, 3.8) is 0 Å². The van der Waals surface area contributed by atoms with Gasteiger partial charge in [-0.15, -0.1) is 0 Å². The van der Waals surface area contributed by atoms with E-state index in [1.54, 1.807) is 16.4 Å². The molecule has 0 radical (unpaired) electrons. The van der Waals surface area contributed by atoms with Gasteiger partial charge in [-0.05, 0) is 25.8 Å². The van der Waals surface area contributed by atoms with Crippen molar-refractivity contribution >= 4 is 23.4 Å². The quantitative estimate of drug-likeness (QED) is 0.718. The summed E-state index contributed by atoms with van der Waals surface area (Å²) in [4.78, 5) is 39.7. The van der Waals surface area contributed by atoms with Crippen molar-refractivity contribution in [1.29, 1.82) is 0 Å². The van der Waals surface area contributed by atoms with E-state index in [1.807, 2.05) is 0 Å². The molecule has 1 aromatic heterocycles. The van der Waals surface area contributed by atoms with E-state index in [4.69, 9.17) is 11.6 Å². The van der Waals surface area contributed by atoms with Crippen LogP contribution in [0.15, 0.2) is 16.9 Å². The minimum absolute atomic E-state index is 0.0555. The lowest BCUT2D eigenvalue weighted by atomic mass is 10.1. The molecule has 2 amide bonds. The van der Waals surface area contributed by atoms with E-state index in [9.17, 15) is 28.3 Å². The molecule has 2 N–H and O–H groups in total. The van der Waals surface area contributed by atoms with Crippen LogP contribution in [0.4, 0.5) is 8.78 Å². The largest absolute Gasteiger partial charge is 0.503 e. The van der Waals surface area contributed by atoms with E-state index < -0.39 is 39.6 Å². The number of benzene rings is 1. The predicted molar refractivity (Wildman–Crippen MR) is 104 cm³/mol. The molecule has 158 valence electrons. The first-order valence-electron chi connectivity index (χ1n) is 9.46. The fraction of sp³-hybridized carbons (Fsp3) is 0.350. The molecule has 30 heavy (non-hydrogen) atoms. The second-order valence-electron chi connectivity index (χ2n) is 7.27. The second-order valence-corrected chi connectivity index (χ2v) is 7.65. The molecule has 3 heterocycles. The molecule has 0 bridgehead atoms. The average Bonchev–Trinajstić information content (AvgIpc) is 3.13. The predicted octanol–water partition coefficient (Wildman–Crippen LogP) is 2.38. The van der Waals surface area contributed by atoms with Crippen molar-refractivity contribution in [2.45, 2.75) is 32.4 Å². The van der Waals surface area contributed by atoms with Crippen molar-refractivity contribution in [2.24, 2.45) is 0 Å². The summed E-state index contributed by atoms with van der Waals surface area (Å²) >= 11 is 5.55. The third kappa shape index (κ3) is 2.96. The van der Waals surface area contributed by atoms with E-state index in [0.717, 1.165) is 12.1 Å². The first-order valence-corrected chi connectivity index (χ1v) is 9.84. The molecule has 4 rings (SSSR count). The smallest absolute Gasteiger partial charge is 0.274 e. The van der Waals surface area contributed by atoms with Crippen LogP contribution in [0.1, 0.15) is 51.5 Å². The Balaban J connectivity index is 1.71. The number of pyridine rings is 1. The summed E-state index contributed by atoms with van der Waals surface area (Å²) in [5.41, 5.74) is -1.00. The third-order valence-corrected chi connectivity index (χ3v) is 6.00. The van der Waals surface area contributed by atoms with Gasteiger partial charge in [0.25, 0.3) is 11.8 Å². The molecule has 10 heteroatoms. The zero-order valence-electron chi connectivity index (χ0n) is 16.0. The number of hydrogen-bond acceptors (Lipinski definition) is 4. The molecule has 0 saturated heterocycles. The van der Waals surface area contributed by atoms with Gasteiger partial charge in [-0.1, -0.05) is 17.7 Å². The number of likely N-dealkylation sites (N-methyl/N-ethyl adjacent to an activating group) is 1. The molecule has 2 aliphatic rings. The maximum absolute atomic E-state index is 14.1. The first kappa shape index (κ1) is 20.3. The van der Waals surface area contributed by atoms with Gasteiger partial charge in [0, 0.05) is 30.9 Å². The van der Waals surface area contributed by atoms with Crippen molar-refractivity contribution in [1.82, 2.24) is 14.8 Å². The Morgan fingerprint density at radius 2 is 2.07 bits per heavy atom. The first-order chi connectivity index (χ1) is 14.3. The fourth-order valence-corrected chi connectivity index (χ4v) is 4.33. The summed E-state index contributed by atoms with van der Waals surface area (Å²) in [6.07, 6.45) is 1.000. The molecule has 1 atom stereocenters. The molecule has 0 aliphatic carbocycles. The van der Waals surface area contributed by atoms with Crippen LogP contribution in [0.3, 0.4) is 0 Å². The highest BCUT2D eigenvalue weighted by atomic mass is 35.5. The van der Waals surface area contributed by atoms with Crippen LogP contribution < -0.4 is 10.7 Å². The molecule has 7 nitrogen and oxygen atoms in total. The molecule has 2 aromatic rings. The Hall–Kier alpha value is -2.94. The highest BCUT2D eigenvalue weighted by Gasteiger charge is 2.40. The normalized spacial score (nSPS) is 17.3. The summed E-state index contributed by atoms with van der Waals surface area (Å²) in [6.45, 7) is 2.34. The summed E-state index contributed by atoms with van der Waals surface area (Å²) in [7, 11) is 0. The lowest BCUT2D eigenvalue weighted by Gasteiger charge is -2.34. The van der Waals surface area contributed by atoms with E-state index in [0.29, 0.717) is 31.6 Å². The monoisotopic (exact) mass is 437 g/mol. The maximum atomic E-state index is 14.1. The van der Waals surface area contributed by atoms with Gasteiger partial charge in [0.15, 0.2) is 11.4 Å².